The predicted molar refractivity (Wildman–Crippen MR) is 170 cm³/mol. The van der Waals surface area contributed by atoms with Gasteiger partial charge in [-0.05, 0) is 74.2 Å². The van der Waals surface area contributed by atoms with E-state index >= 15 is 0 Å². The second kappa shape index (κ2) is 13.1. The van der Waals surface area contributed by atoms with E-state index in [4.69, 9.17) is 19.6 Å². The number of halogens is 4. The lowest BCUT2D eigenvalue weighted by Crippen LogP contribution is -2.44. The summed E-state index contributed by atoms with van der Waals surface area (Å²) >= 11 is 0. The maximum atomic E-state index is 14.4. The Morgan fingerprint density at radius 1 is 1.09 bits per heavy atom. The number of imidazole rings is 1. The van der Waals surface area contributed by atoms with Gasteiger partial charge in [-0.25, -0.2) is 19.2 Å². The smallest absolute Gasteiger partial charge is 0.416 e. The Morgan fingerprint density at radius 2 is 1.81 bits per heavy atom. The number of hydrogen-bond donors (Lipinski definition) is 2. The molecule has 0 amide bonds. The van der Waals surface area contributed by atoms with Gasteiger partial charge in [-0.1, -0.05) is 6.42 Å². The SMILES string of the molecule is COCC1(CN(C)c2cc(-c3cc(F)cc(C(F)(F)F)c3)nc3nc(-c4ccc(N5CCC(OCC(=O)O)CC5)cc4)[nH]c23)CCC1. The highest BCUT2D eigenvalue weighted by atomic mass is 19.4. The van der Waals surface area contributed by atoms with Crippen LogP contribution in [0.25, 0.3) is 33.8 Å². The van der Waals surface area contributed by atoms with Gasteiger partial charge in [-0.2, -0.15) is 13.2 Å². The molecule has 0 spiro atoms. The van der Waals surface area contributed by atoms with Gasteiger partial charge in [0, 0.05) is 56.0 Å². The molecule has 1 aliphatic carbocycles. The van der Waals surface area contributed by atoms with E-state index in [0.29, 0.717) is 41.9 Å². The normalized spacial score (nSPS) is 16.8. The highest BCUT2D eigenvalue weighted by molar-refractivity contribution is 5.91. The number of fused-ring (bicyclic) bond motifs is 1. The molecule has 1 saturated heterocycles. The van der Waals surface area contributed by atoms with E-state index < -0.39 is 23.5 Å². The number of H-pyrrole nitrogens is 1. The molecule has 250 valence electrons. The summed E-state index contributed by atoms with van der Waals surface area (Å²) in [7, 11) is 3.60. The summed E-state index contributed by atoms with van der Waals surface area (Å²) in [6, 6.07) is 12.0. The van der Waals surface area contributed by atoms with Crippen LogP contribution in [0, 0.1) is 11.2 Å². The number of aromatic amines is 1. The maximum Gasteiger partial charge on any atom is 0.416 e. The maximum absolute atomic E-state index is 14.4. The Kier molecular flexibility index (Phi) is 9.12. The molecule has 0 atom stereocenters. The molecule has 4 aromatic rings. The van der Waals surface area contributed by atoms with E-state index in [1.807, 2.05) is 36.2 Å². The number of carbonyl (C=O) groups is 1. The summed E-state index contributed by atoms with van der Waals surface area (Å²) in [4.78, 5) is 27.8. The Labute approximate surface area is 269 Å². The van der Waals surface area contributed by atoms with Crippen LogP contribution in [-0.4, -0.2) is 79.1 Å². The number of nitrogens with zero attached hydrogens (tertiary/aromatic N) is 4. The molecule has 2 aromatic heterocycles. The molecule has 3 heterocycles. The number of piperidine rings is 1. The Morgan fingerprint density at radius 3 is 2.43 bits per heavy atom. The van der Waals surface area contributed by atoms with Crippen molar-refractivity contribution in [1.29, 1.82) is 0 Å². The lowest BCUT2D eigenvalue weighted by molar-refractivity contribution is -0.144. The first-order chi connectivity index (χ1) is 22.4. The number of aliphatic carboxylic acids is 1. The van der Waals surface area contributed by atoms with Crippen molar-refractivity contribution in [2.24, 2.45) is 5.41 Å². The minimum Gasteiger partial charge on any atom is -0.480 e. The number of benzene rings is 2. The van der Waals surface area contributed by atoms with E-state index in [2.05, 4.69) is 14.9 Å². The number of alkyl halides is 3. The summed E-state index contributed by atoms with van der Waals surface area (Å²) in [5.41, 5.74) is 2.48. The summed E-state index contributed by atoms with van der Waals surface area (Å²) in [6.07, 6.45) is -0.250. The van der Waals surface area contributed by atoms with Crippen LogP contribution in [0.2, 0.25) is 0 Å². The molecule has 2 aromatic carbocycles. The molecule has 1 aliphatic heterocycles. The lowest BCUT2D eigenvalue weighted by Gasteiger charge is -2.44. The molecule has 6 rings (SSSR count). The van der Waals surface area contributed by atoms with E-state index in [9.17, 15) is 22.4 Å². The average Bonchev–Trinajstić information content (AvgIpc) is 3.46. The van der Waals surface area contributed by atoms with Gasteiger partial charge >= 0.3 is 12.1 Å². The first-order valence-corrected chi connectivity index (χ1v) is 15.6. The highest BCUT2D eigenvalue weighted by Crippen LogP contribution is 2.43. The number of anilines is 2. The van der Waals surface area contributed by atoms with E-state index in [-0.39, 0.29) is 29.4 Å². The first kappa shape index (κ1) is 32.7. The number of methoxy groups -OCH3 is 1. The number of rotatable bonds is 11. The molecule has 2 aliphatic rings. The second-order valence-corrected chi connectivity index (χ2v) is 12.6. The van der Waals surface area contributed by atoms with Crippen molar-refractivity contribution in [1.82, 2.24) is 15.0 Å². The van der Waals surface area contributed by atoms with Crippen molar-refractivity contribution in [2.75, 3.05) is 56.8 Å². The third-order valence-corrected chi connectivity index (χ3v) is 9.20. The van der Waals surface area contributed by atoms with Crippen LogP contribution in [-0.2, 0) is 20.4 Å². The van der Waals surface area contributed by atoms with Crippen LogP contribution in [0.5, 0.6) is 0 Å². The van der Waals surface area contributed by atoms with Gasteiger partial charge in [0.2, 0.25) is 0 Å². The Balaban J connectivity index is 1.32. The molecule has 0 bridgehead atoms. The predicted octanol–water partition coefficient (Wildman–Crippen LogP) is 6.77. The zero-order valence-electron chi connectivity index (χ0n) is 26.2. The molecule has 2 N–H and O–H groups in total. The number of carboxylic acids is 1. The second-order valence-electron chi connectivity index (χ2n) is 12.6. The first-order valence-electron chi connectivity index (χ1n) is 15.6. The fourth-order valence-corrected chi connectivity index (χ4v) is 6.68. The van der Waals surface area contributed by atoms with Crippen molar-refractivity contribution in [3.63, 3.8) is 0 Å². The molecule has 13 heteroatoms. The van der Waals surface area contributed by atoms with Crippen LogP contribution in [0.3, 0.4) is 0 Å². The van der Waals surface area contributed by atoms with Gasteiger partial charge in [-0.15, -0.1) is 0 Å². The van der Waals surface area contributed by atoms with Gasteiger partial charge in [-0.3, -0.25) is 0 Å². The third-order valence-electron chi connectivity index (χ3n) is 9.20. The van der Waals surface area contributed by atoms with Crippen LogP contribution in [0.1, 0.15) is 37.7 Å². The number of carboxylic acid groups (broad SMARTS) is 1. The molecule has 9 nitrogen and oxygen atoms in total. The number of pyridine rings is 1. The molecular weight excluding hydrogens is 618 g/mol. The van der Waals surface area contributed by atoms with Crippen LogP contribution in [0.15, 0.2) is 48.5 Å². The molecule has 47 heavy (non-hydrogen) atoms. The number of hydrogen-bond acceptors (Lipinski definition) is 7. The van der Waals surface area contributed by atoms with Crippen molar-refractivity contribution >= 4 is 28.5 Å². The highest BCUT2D eigenvalue weighted by Gasteiger charge is 2.38. The quantitative estimate of drug-likeness (QED) is 0.171. The van der Waals surface area contributed by atoms with Crippen molar-refractivity contribution in [3.05, 3.63) is 59.9 Å². The van der Waals surface area contributed by atoms with Gasteiger partial charge in [0.05, 0.1) is 29.7 Å². The van der Waals surface area contributed by atoms with Gasteiger partial charge in [0.25, 0.3) is 0 Å². The minimum absolute atomic E-state index is 0.00941. The zero-order valence-corrected chi connectivity index (χ0v) is 26.2. The molecule has 0 unspecified atom stereocenters. The van der Waals surface area contributed by atoms with Crippen molar-refractivity contribution in [2.45, 2.75) is 44.4 Å². The Bertz CT molecular complexity index is 1730. The summed E-state index contributed by atoms with van der Waals surface area (Å²) in [5.74, 6) is -1.44. The largest absolute Gasteiger partial charge is 0.480 e. The van der Waals surface area contributed by atoms with Crippen LogP contribution < -0.4 is 9.80 Å². The monoisotopic (exact) mass is 655 g/mol. The van der Waals surface area contributed by atoms with Crippen molar-refractivity contribution in [3.8, 4) is 22.6 Å². The van der Waals surface area contributed by atoms with Crippen LogP contribution in [0.4, 0.5) is 28.9 Å². The van der Waals surface area contributed by atoms with Gasteiger partial charge < -0.3 is 29.4 Å². The molecule has 1 saturated carbocycles. The number of aromatic nitrogens is 3. The van der Waals surface area contributed by atoms with Crippen LogP contribution >= 0.6 is 0 Å². The van der Waals surface area contributed by atoms with Crippen molar-refractivity contribution < 1.29 is 36.9 Å². The summed E-state index contributed by atoms with van der Waals surface area (Å²) in [6.45, 7) is 2.41. The Hall–Kier alpha value is -4.23. The fraction of sp³-hybridized carbons (Fsp3) is 0.441. The zero-order chi connectivity index (χ0) is 33.3. The van der Waals surface area contributed by atoms with E-state index in [0.717, 1.165) is 68.6 Å². The number of nitrogens with one attached hydrogen (secondary N) is 1. The molecule has 2 fully saturated rings. The number of ether oxygens (including phenoxy) is 2. The average molecular weight is 656 g/mol. The van der Waals surface area contributed by atoms with E-state index in [1.54, 1.807) is 13.2 Å². The molecular formula is C34H37F4N5O4. The fourth-order valence-electron chi connectivity index (χ4n) is 6.68. The topological polar surface area (TPSA) is 104 Å². The third kappa shape index (κ3) is 7.20. The molecule has 0 radical (unpaired) electrons. The van der Waals surface area contributed by atoms with E-state index in [1.165, 1.54) is 0 Å². The van der Waals surface area contributed by atoms with Gasteiger partial charge in [0.1, 0.15) is 23.8 Å². The summed E-state index contributed by atoms with van der Waals surface area (Å²) < 4.78 is 66.2. The summed E-state index contributed by atoms with van der Waals surface area (Å²) in [5, 5.41) is 8.87. The van der Waals surface area contributed by atoms with Gasteiger partial charge in [0.15, 0.2) is 5.65 Å². The minimum atomic E-state index is -4.72. The lowest BCUT2D eigenvalue weighted by atomic mass is 9.69. The standard InChI is InChI=1S/C34H37F4N5O4/c1-42(19-33(20-46-2)10-3-11-33)28-17-27(22-14-23(34(36,37)38)16-24(35)15-22)39-32-30(28)40-31(41-32)21-4-6-25(7-5-21)43-12-8-26(9-13-43)47-18-29(44)45/h4-7,14-17,26H,3,8-13,18-20H2,1-2H3,(H,44,45)(H,39,40,41).